The first-order chi connectivity index (χ1) is 7.34. The highest BCUT2D eigenvalue weighted by Gasteiger charge is 2.36. The minimum atomic E-state index is 0.117. The van der Waals surface area contributed by atoms with E-state index >= 15 is 0 Å². The zero-order valence-corrected chi connectivity index (χ0v) is 9.37. The Hall–Kier alpha value is -0.710. The molecule has 3 aliphatic rings. The molecule has 4 heterocycles. The number of Topliss-reactive ketones (excluding diaryl/α,β-unsaturated/α-hetero) is 1. The van der Waals surface area contributed by atoms with Crippen LogP contribution < -0.4 is 0 Å². The Balaban J connectivity index is 1.80. The Kier molecular flexibility index (Phi) is 2.35. The zero-order valence-electron chi connectivity index (χ0n) is 8.56. The molecule has 1 unspecified atom stereocenters. The van der Waals surface area contributed by atoms with Crippen LogP contribution in [0, 0.1) is 0 Å². The fourth-order valence-electron chi connectivity index (χ4n) is 2.45. The van der Waals surface area contributed by atoms with Gasteiger partial charge in [-0.25, -0.2) is 0 Å². The SMILES string of the molecule is O=C(c1cccs1)C1CN2CCN1CC2. The number of fused-ring (bicyclic) bond motifs is 3. The average molecular weight is 222 g/mol. The molecule has 2 bridgehead atoms. The van der Waals surface area contributed by atoms with Gasteiger partial charge in [-0.15, -0.1) is 11.3 Å². The van der Waals surface area contributed by atoms with Crippen molar-refractivity contribution in [2.45, 2.75) is 6.04 Å². The summed E-state index contributed by atoms with van der Waals surface area (Å²) in [7, 11) is 0. The topological polar surface area (TPSA) is 23.6 Å². The Morgan fingerprint density at radius 3 is 2.67 bits per heavy atom. The summed E-state index contributed by atoms with van der Waals surface area (Å²) in [4.78, 5) is 17.8. The molecule has 1 atom stereocenters. The van der Waals surface area contributed by atoms with Crippen LogP contribution in [0.2, 0.25) is 0 Å². The fourth-order valence-corrected chi connectivity index (χ4v) is 3.16. The third-order valence-electron chi connectivity index (χ3n) is 3.35. The van der Waals surface area contributed by atoms with E-state index in [1.807, 2.05) is 17.5 Å². The van der Waals surface area contributed by atoms with Crippen LogP contribution in [0.4, 0.5) is 0 Å². The number of carbonyl (C=O) groups excluding carboxylic acids is 1. The Morgan fingerprint density at radius 1 is 1.33 bits per heavy atom. The second kappa shape index (κ2) is 3.70. The Morgan fingerprint density at radius 2 is 2.13 bits per heavy atom. The lowest BCUT2D eigenvalue weighted by molar-refractivity contribution is 0.0161. The second-order valence-corrected chi connectivity index (χ2v) is 5.14. The summed E-state index contributed by atoms with van der Waals surface area (Å²) in [6, 6.07) is 4.01. The van der Waals surface area contributed by atoms with Crippen molar-refractivity contribution >= 4 is 17.1 Å². The monoisotopic (exact) mass is 222 g/mol. The predicted molar refractivity (Wildman–Crippen MR) is 60.5 cm³/mol. The molecule has 1 aromatic rings. The highest BCUT2D eigenvalue weighted by atomic mass is 32.1. The van der Waals surface area contributed by atoms with Gasteiger partial charge in [-0.1, -0.05) is 6.07 Å². The van der Waals surface area contributed by atoms with Crippen molar-refractivity contribution in [3.8, 4) is 0 Å². The molecule has 80 valence electrons. The molecule has 0 amide bonds. The minimum Gasteiger partial charge on any atom is -0.299 e. The molecular formula is C11H14N2OS. The number of piperazine rings is 3. The van der Waals surface area contributed by atoms with E-state index in [2.05, 4.69) is 9.80 Å². The van der Waals surface area contributed by atoms with Crippen molar-refractivity contribution in [2.75, 3.05) is 32.7 Å². The maximum absolute atomic E-state index is 12.2. The summed E-state index contributed by atoms with van der Waals surface area (Å²) in [5, 5.41) is 1.98. The van der Waals surface area contributed by atoms with Crippen molar-refractivity contribution in [3.05, 3.63) is 22.4 Å². The third-order valence-corrected chi connectivity index (χ3v) is 4.23. The van der Waals surface area contributed by atoms with Gasteiger partial charge in [-0.3, -0.25) is 14.6 Å². The standard InChI is InChI=1S/C11H14N2OS/c14-11(10-2-1-7-15-10)9-8-12-3-5-13(9)6-4-12/h1-2,7,9H,3-6,8H2. The largest absolute Gasteiger partial charge is 0.299 e. The highest BCUT2D eigenvalue weighted by Crippen LogP contribution is 2.21. The van der Waals surface area contributed by atoms with E-state index in [9.17, 15) is 4.79 Å². The van der Waals surface area contributed by atoms with Gasteiger partial charge in [0.1, 0.15) is 0 Å². The van der Waals surface area contributed by atoms with Crippen LogP contribution >= 0.6 is 11.3 Å². The van der Waals surface area contributed by atoms with Crippen molar-refractivity contribution in [1.29, 1.82) is 0 Å². The number of thiophene rings is 1. The lowest BCUT2D eigenvalue weighted by Crippen LogP contribution is -2.63. The van der Waals surface area contributed by atoms with E-state index in [0.29, 0.717) is 5.78 Å². The normalized spacial score (nSPS) is 34.3. The van der Waals surface area contributed by atoms with Crippen molar-refractivity contribution in [3.63, 3.8) is 0 Å². The van der Waals surface area contributed by atoms with Crippen LogP contribution in [0.25, 0.3) is 0 Å². The van der Waals surface area contributed by atoms with E-state index in [-0.39, 0.29) is 6.04 Å². The van der Waals surface area contributed by atoms with Crippen molar-refractivity contribution < 1.29 is 4.79 Å². The quantitative estimate of drug-likeness (QED) is 0.696. The number of hydrogen-bond acceptors (Lipinski definition) is 4. The molecule has 15 heavy (non-hydrogen) atoms. The van der Waals surface area contributed by atoms with E-state index in [1.165, 1.54) is 0 Å². The Labute approximate surface area is 93.3 Å². The molecule has 4 heteroatoms. The molecule has 0 spiro atoms. The molecule has 0 aromatic carbocycles. The number of nitrogens with zero attached hydrogens (tertiary/aromatic N) is 2. The Bertz CT molecular complexity index is 355. The maximum atomic E-state index is 12.2. The average Bonchev–Trinajstić information content (AvgIpc) is 2.83. The molecular weight excluding hydrogens is 208 g/mol. The molecule has 0 N–H and O–H groups in total. The smallest absolute Gasteiger partial charge is 0.191 e. The van der Waals surface area contributed by atoms with Crippen molar-refractivity contribution in [2.24, 2.45) is 0 Å². The first-order valence-corrected chi connectivity index (χ1v) is 6.27. The molecule has 3 aliphatic heterocycles. The van der Waals surface area contributed by atoms with Crippen molar-refractivity contribution in [1.82, 2.24) is 9.80 Å². The fraction of sp³-hybridized carbons (Fsp3) is 0.545. The predicted octanol–water partition coefficient (Wildman–Crippen LogP) is 0.931. The maximum Gasteiger partial charge on any atom is 0.191 e. The van der Waals surface area contributed by atoms with Gasteiger partial charge in [-0.2, -0.15) is 0 Å². The molecule has 0 aliphatic carbocycles. The van der Waals surface area contributed by atoms with Crippen LogP contribution in [-0.4, -0.2) is 54.3 Å². The summed E-state index contributed by atoms with van der Waals surface area (Å²) in [6.07, 6.45) is 0. The van der Waals surface area contributed by atoms with Gasteiger partial charge in [0.15, 0.2) is 5.78 Å². The summed E-state index contributed by atoms with van der Waals surface area (Å²) in [6.45, 7) is 5.31. The van der Waals surface area contributed by atoms with Gasteiger partial charge >= 0.3 is 0 Å². The molecule has 0 radical (unpaired) electrons. The van der Waals surface area contributed by atoms with Crippen LogP contribution in [0.3, 0.4) is 0 Å². The highest BCUT2D eigenvalue weighted by molar-refractivity contribution is 7.12. The van der Waals surface area contributed by atoms with Gasteiger partial charge in [-0.05, 0) is 11.4 Å². The molecule has 3 nitrogen and oxygen atoms in total. The van der Waals surface area contributed by atoms with Crippen LogP contribution in [-0.2, 0) is 0 Å². The van der Waals surface area contributed by atoms with E-state index < -0.39 is 0 Å². The number of carbonyl (C=O) groups is 1. The number of ketones is 1. The minimum absolute atomic E-state index is 0.117. The second-order valence-electron chi connectivity index (χ2n) is 4.19. The summed E-state index contributed by atoms with van der Waals surface area (Å²) < 4.78 is 0. The lowest BCUT2D eigenvalue weighted by atomic mass is 10.0. The molecule has 3 fully saturated rings. The van der Waals surface area contributed by atoms with Crippen LogP contribution in [0.5, 0.6) is 0 Å². The molecule has 4 rings (SSSR count). The molecule has 3 saturated heterocycles. The zero-order chi connectivity index (χ0) is 10.3. The van der Waals surface area contributed by atoms with Gasteiger partial charge in [0, 0.05) is 32.7 Å². The number of hydrogen-bond donors (Lipinski definition) is 0. The van der Waals surface area contributed by atoms with Gasteiger partial charge in [0.05, 0.1) is 10.9 Å². The van der Waals surface area contributed by atoms with Gasteiger partial charge in [0.2, 0.25) is 0 Å². The first-order valence-electron chi connectivity index (χ1n) is 5.39. The summed E-state index contributed by atoms with van der Waals surface area (Å²) in [5.74, 6) is 0.314. The summed E-state index contributed by atoms with van der Waals surface area (Å²) in [5.41, 5.74) is 0. The lowest BCUT2D eigenvalue weighted by Gasteiger charge is -2.46. The van der Waals surface area contributed by atoms with E-state index in [0.717, 1.165) is 37.6 Å². The van der Waals surface area contributed by atoms with Crippen LogP contribution in [0.15, 0.2) is 17.5 Å². The third kappa shape index (κ3) is 1.62. The van der Waals surface area contributed by atoms with E-state index in [4.69, 9.17) is 0 Å². The molecule has 1 aromatic heterocycles. The van der Waals surface area contributed by atoms with Crippen LogP contribution in [0.1, 0.15) is 9.67 Å². The molecule has 0 saturated carbocycles. The van der Waals surface area contributed by atoms with Gasteiger partial charge in [0.25, 0.3) is 0 Å². The summed E-state index contributed by atoms with van der Waals surface area (Å²) >= 11 is 1.56. The first kappa shape index (κ1) is 9.51. The van der Waals surface area contributed by atoms with Gasteiger partial charge < -0.3 is 0 Å². The number of rotatable bonds is 2. The van der Waals surface area contributed by atoms with E-state index in [1.54, 1.807) is 11.3 Å².